The first-order valence-corrected chi connectivity index (χ1v) is 7.18. The number of nitrogens with one attached hydrogen (secondary N) is 3. The Morgan fingerprint density at radius 3 is 2.75 bits per heavy atom. The van der Waals surface area contributed by atoms with Crippen molar-refractivity contribution in [3.05, 3.63) is 11.4 Å². The Morgan fingerprint density at radius 2 is 2.10 bits per heavy atom. The highest BCUT2D eigenvalue weighted by Crippen LogP contribution is 2.24. The molecule has 1 saturated carbocycles. The molecule has 0 bridgehead atoms. The number of nitrogens with zero attached hydrogens (tertiary/aromatic N) is 1. The molecule has 0 radical (unpaired) electrons. The van der Waals surface area contributed by atoms with Crippen LogP contribution in [0.3, 0.4) is 0 Å². The van der Waals surface area contributed by atoms with E-state index in [0.29, 0.717) is 18.8 Å². The third-order valence-electron chi connectivity index (χ3n) is 3.96. The third-order valence-corrected chi connectivity index (χ3v) is 3.96. The highest BCUT2D eigenvalue weighted by atomic mass is 16.2. The summed E-state index contributed by atoms with van der Waals surface area (Å²) in [6, 6.07) is 0. The molecule has 1 heterocycles. The van der Waals surface area contributed by atoms with Gasteiger partial charge in [-0.2, -0.15) is 0 Å². The van der Waals surface area contributed by atoms with E-state index < -0.39 is 0 Å². The highest BCUT2D eigenvalue weighted by Gasteiger charge is 2.26. The number of hydrogen-bond donors (Lipinski definition) is 3. The third kappa shape index (κ3) is 3.18. The summed E-state index contributed by atoms with van der Waals surface area (Å²) in [4.78, 5) is 25.8. The summed E-state index contributed by atoms with van der Waals surface area (Å²) in [6.07, 6.45) is 6.18. The first-order valence-electron chi connectivity index (χ1n) is 7.18. The molecule has 0 aromatic rings. The lowest BCUT2D eigenvalue weighted by Gasteiger charge is -2.28. The van der Waals surface area contributed by atoms with E-state index in [9.17, 15) is 9.59 Å². The van der Waals surface area contributed by atoms with Crippen LogP contribution in [0.1, 0.15) is 32.1 Å². The van der Waals surface area contributed by atoms with Gasteiger partial charge in [-0.15, -0.1) is 0 Å². The topological polar surface area (TPSA) is 85.3 Å². The van der Waals surface area contributed by atoms with Gasteiger partial charge in [0.25, 0.3) is 5.91 Å². The zero-order chi connectivity index (χ0) is 14.5. The van der Waals surface area contributed by atoms with Crippen LogP contribution in [-0.2, 0) is 9.59 Å². The van der Waals surface area contributed by atoms with Gasteiger partial charge in [-0.25, -0.2) is 0 Å². The standard InChI is InChI=1S/C14H22N4O2/c1-18-8-7-16-12(14(18)20)11(9-15)17-13(19)10-5-3-2-4-6-10/h9-10,15-16H,2-8H2,1H3,(H,17,19)/b12-11+,15-9?. The summed E-state index contributed by atoms with van der Waals surface area (Å²) < 4.78 is 0. The monoisotopic (exact) mass is 278 g/mol. The molecule has 0 unspecified atom stereocenters. The first kappa shape index (κ1) is 14.6. The molecule has 20 heavy (non-hydrogen) atoms. The summed E-state index contributed by atoms with van der Waals surface area (Å²) in [5.41, 5.74) is 0.593. The van der Waals surface area contributed by atoms with Crippen molar-refractivity contribution in [2.75, 3.05) is 20.1 Å². The first-order chi connectivity index (χ1) is 9.63. The van der Waals surface area contributed by atoms with Crippen LogP contribution in [0.15, 0.2) is 11.4 Å². The van der Waals surface area contributed by atoms with Crippen molar-refractivity contribution in [3.8, 4) is 0 Å². The fraction of sp³-hybridized carbons (Fsp3) is 0.643. The van der Waals surface area contributed by atoms with Crippen molar-refractivity contribution in [1.29, 1.82) is 5.41 Å². The molecule has 110 valence electrons. The molecule has 2 rings (SSSR count). The molecule has 3 N–H and O–H groups in total. The maximum absolute atomic E-state index is 12.2. The smallest absolute Gasteiger partial charge is 0.271 e. The number of hydrogen-bond acceptors (Lipinski definition) is 4. The van der Waals surface area contributed by atoms with E-state index in [4.69, 9.17) is 5.41 Å². The molecule has 1 aliphatic carbocycles. The number of amides is 2. The minimum atomic E-state index is -0.182. The van der Waals surface area contributed by atoms with E-state index in [1.165, 1.54) is 6.42 Å². The largest absolute Gasteiger partial charge is 0.377 e. The van der Waals surface area contributed by atoms with Crippen LogP contribution in [0.25, 0.3) is 0 Å². The lowest BCUT2D eigenvalue weighted by molar-refractivity contribution is -0.127. The highest BCUT2D eigenvalue weighted by molar-refractivity contribution is 6.01. The Bertz CT molecular complexity index is 438. The SMILES string of the molecule is CN1CCN/C(=C(\C=N)NC(=O)C2CCCCC2)C1=O. The van der Waals surface area contributed by atoms with Crippen LogP contribution in [0.5, 0.6) is 0 Å². The van der Waals surface area contributed by atoms with Crippen molar-refractivity contribution in [2.45, 2.75) is 32.1 Å². The summed E-state index contributed by atoms with van der Waals surface area (Å²) in [5.74, 6) is -0.243. The minimum absolute atomic E-state index is 0.00993. The van der Waals surface area contributed by atoms with Gasteiger partial charge in [0, 0.05) is 32.3 Å². The van der Waals surface area contributed by atoms with E-state index in [-0.39, 0.29) is 23.4 Å². The summed E-state index contributed by atoms with van der Waals surface area (Å²) >= 11 is 0. The number of carbonyl (C=O) groups excluding carboxylic acids is 2. The molecule has 6 heteroatoms. The number of piperazine rings is 1. The fourth-order valence-corrected chi connectivity index (χ4v) is 2.70. The van der Waals surface area contributed by atoms with Gasteiger partial charge in [0.15, 0.2) is 0 Å². The average Bonchev–Trinajstić information content (AvgIpc) is 2.48. The lowest BCUT2D eigenvalue weighted by atomic mass is 9.88. The molecule has 2 amide bonds. The summed E-state index contributed by atoms with van der Waals surface area (Å²) in [5, 5.41) is 13.2. The van der Waals surface area contributed by atoms with Crippen molar-refractivity contribution in [1.82, 2.24) is 15.5 Å². The number of carbonyl (C=O) groups is 2. The van der Waals surface area contributed by atoms with Gasteiger partial charge in [-0.3, -0.25) is 9.59 Å². The van der Waals surface area contributed by atoms with Gasteiger partial charge in [-0.05, 0) is 12.8 Å². The second kappa shape index (κ2) is 6.54. The zero-order valence-corrected chi connectivity index (χ0v) is 11.9. The predicted molar refractivity (Wildman–Crippen MR) is 76.2 cm³/mol. The molecule has 6 nitrogen and oxygen atoms in total. The Labute approximate surface area is 119 Å². The average molecular weight is 278 g/mol. The van der Waals surface area contributed by atoms with Crippen LogP contribution in [0.2, 0.25) is 0 Å². The Hall–Kier alpha value is -1.85. The van der Waals surface area contributed by atoms with Gasteiger partial charge in [0.2, 0.25) is 5.91 Å². The quantitative estimate of drug-likeness (QED) is 0.522. The molecule has 1 saturated heterocycles. The second-order valence-corrected chi connectivity index (χ2v) is 5.41. The number of rotatable bonds is 3. The fourth-order valence-electron chi connectivity index (χ4n) is 2.70. The maximum atomic E-state index is 12.2. The molecular weight excluding hydrogens is 256 g/mol. The number of allylic oxidation sites excluding steroid dienone is 1. The normalized spacial score (nSPS) is 23.1. The lowest BCUT2D eigenvalue weighted by Crippen LogP contribution is -2.46. The van der Waals surface area contributed by atoms with Crippen LogP contribution >= 0.6 is 0 Å². The Morgan fingerprint density at radius 1 is 1.40 bits per heavy atom. The molecule has 0 spiro atoms. The minimum Gasteiger partial charge on any atom is -0.377 e. The zero-order valence-electron chi connectivity index (χ0n) is 11.9. The molecule has 0 aromatic heterocycles. The van der Waals surface area contributed by atoms with Gasteiger partial charge >= 0.3 is 0 Å². The van der Waals surface area contributed by atoms with E-state index in [2.05, 4.69) is 10.6 Å². The Balaban J connectivity index is 2.09. The van der Waals surface area contributed by atoms with Gasteiger partial charge in [0.1, 0.15) is 5.70 Å². The summed E-state index contributed by atoms with van der Waals surface area (Å²) in [7, 11) is 1.72. The summed E-state index contributed by atoms with van der Waals surface area (Å²) in [6.45, 7) is 1.26. The van der Waals surface area contributed by atoms with Crippen LogP contribution in [0, 0.1) is 11.3 Å². The van der Waals surface area contributed by atoms with Gasteiger partial charge in [-0.1, -0.05) is 19.3 Å². The van der Waals surface area contributed by atoms with Crippen molar-refractivity contribution < 1.29 is 9.59 Å². The van der Waals surface area contributed by atoms with Crippen LogP contribution in [-0.4, -0.2) is 43.1 Å². The van der Waals surface area contributed by atoms with E-state index in [0.717, 1.165) is 31.9 Å². The van der Waals surface area contributed by atoms with E-state index >= 15 is 0 Å². The molecule has 1 aliphatic heterocycles. The van der Waals surface area contributed by atoms with Gasteiger partial charge < -0.3 is 20.9 Å². The van der Waals surface area contributed by atoms with Crippen molar-refractivity contribution in [3.63, 3.8) is 0 Å². The van der Waals surface area contributed by atoms with Crippen molar-refractivity contribution in [2.24, 2.45) is 5.92 Å². The Kier molecular flexibility index (Phi) is 4.76. The molecular formula is C14H22N4O2. The molecule has 2 aliphatic rings. The van der Waals surface area contributed by atoms with E-state index in [1.807, 2.05) is 0 Å². The van der Waals surface area contributed by atoms with Gasteiger partial charge in [0.05, 0.1) is 5.70 Å². The second-order valence-electron chi connectivity index (χ2n) is 5.41. The van der Waals surface area contributed by atoms with E-state index in [1.54, 1.807) is 11.9 Å². The van der Waals surface area contributed by atoms with Crippen LogP contribution < -0.4 is 10.6 Å². The number of likely N-dealkylation sites (N-methyl/N-ethyl adjacent to an activating group) is 1. The maximum Gasteiger partial charge on any atom is 0.271 e. The molecule has 0 aromatic carbocycles. The van der Waals surface area contributed by atoms with Crippen molar-refractivity contribution >= 4 is 18.0 Å². The molecule has 0 atom stereocenters. The van der Waals surface area contributed by atoms with Crippen LogP contribution in [0.4, 0.5) is 0 Å². The molecule has 2 fully saturated rings. The predicted octanol–water partition coefficient (Wildman–Crippen LogP) is 0.606.